The monoisotopic (exact) mass is 370 g/mol. The minimum absolute atomic E-state index is 0.310. The van der Waals surface area contributed by atoms with Gasteiger partial charge in [-0.3, -0.25) is 0 Å². The zero-order valence-electron chi connectivity index (χ0n) is 12.9. The van der Waals surface area contributed by atoms with E-state index in [1.807, 2.05) is 0 Å². The predicted molar refractivity (Wildman–Crippen MR) is 89.6 cm³/mol. The average molecular weight is 370 g/mol. The molecule has 0 heterocycles. The van der Waals surface area contributed by atoms with Gasteiger partial charge in [0, 0.05) is 6.10 Å². The van der Waals surface area contributed by atoms with Crippen LogP contribution in [-0.4, -0.2) is 18.8 Å². The Morgan fingerprint density at radius 3 is 1.88 bits per heavy atom. The molecule has 2 atom stereocenters. The van der Waals surface area contributed by atoms with E-state index in [1.165, 1.54) is 10.8 Å². The molecule has 0 saturated heterocycles. The first kappa shape index (κ1) is 17.9. The van der Waals surface area contributed by atoms with Gasteiger partial charge >= 0.3 is 0 Å². The van der Waals surface area contributed by atoms with Crippen LogP contribution in [-0.2, 0) is 4.43 Å². The minimum atomic E-state index is -1.63. The fourth-order valence-corrected chi connectivity index (χ4v) is 4.28. The van der Waals surface area contributed by atoms with Gasteiger partial charge in [0.25, 0.3) is 0 Å². The number of hydrogen-bond donors (Lipinski definition) is 0. The van der Waals surface area contributed by atoms with Gasteiger partial charge in [-0.2, -0.15) is 0 Å². The van der Waals surface area contributed by atoms with E-state index < -0.39 is 8.32 Å². The van der Waals surface area contributed by atoms with Gasteiger partial charge in [-0.05, 0) is 40.8 Å². The van der Waals surface area contributed by atoms with Crippen LogP contribution in [0.4, 0.5) is 0 Å². The SMILES string of the molecule is CC(C)[C@@H](O[Si](C)(C)C(C)(C)C)[C@@H](C)CCI. The molecule has 1 nitrogen and oxygen atoms in total. The number of halogens is 1. The van der Waals surface area contributed by atoms with Gasteiger partial charge in [-0.25, -0.2) is 0 Å². The lowest BCUT2D eigenvalue weighted by atomic mass is 9.93. The normalized spacial score (nSPS) is 17.3. The van der Waals surface area contributed by atoms with Gasteiger partial charge < -0.3 is 4.43 Å². The zero-order chi connectivity index (χ0) is 13.9. The maximum Gasteiger partial charge on any atom is 0.192 e. The van der Waals surface area contributed by atoms with Crippen LogP contribution in [0.1, 0.15) is 48.0 Å². The number of alkyl halides is 1. The van der Waals surface area contributed by atoms with Crippen LogP contribution in [0.5, 0.6) is 0 Å². The maximum atomic E-state index is 6.61. The van der Waals surface area contributed by atoms with E-state index in [4.69, 9.17) is 4.43 Å². The largest absolute Gasteiger partial charge is 0.413 e. The summed E-state index contributed by atoms with van der Waals surface area (Å²) in [6.45, 7) is 18.6. The molecule has 0 N–H and O–H groups in total. The van der Waals surface area contributed by atoms with Crippen LogP contribution >= 0.6 is 22.6 Å². The molecule has 0 rings (SSSR count). The highest BCUT2D eigenvalue weighted by atomic mass is 127. The van der Waals surface area contributed by atoms with E-state index in [-0.39, 0.29) is 0 Å². The molecule has 0 spiro atoms. The summed E-state index contributed by atoms with van der Waals surface area (Å²) in [5, 5.41) is 0.310. The lowest BCUT2D eigenvalue weighted by Gasteiger charge is -2.42. The summed E-state index contributed by atoms with van der Waals surface area (Å²) < 4.78 is 7.84. The van der Waals surface area contributed by atoms with E-state index in [1.54, 1.807) is 0 Å². The number of rotatable bonds is 6. The molecule has 3 heteroatoms. The second-order valence-corrected chi connectivity index (χ2v) is 12.9. The van der Waals surface area contributed by atoms with E-state index in [0.717, 1.165) is 0 Å². The standard InChI is InChI=1S/C14H31IOSi/c1-11(2)13(12(3)9-10-15)16-17(7,8)14(4,5)6/h11-13H,9-10H2,1-8H3/t12-,13+/m0/s1. The lowest BCUT2D eigenvalue weighted by molar-refractivity contribution is 0.0812. The second-order valence-electron chi connectivity index (χ2n) is 7.04. The molecule has 0 aliphatic heterocycles. The molecule has 0 radical (unpaired) electrons. The first-order valence-electron chi connectivity index (χ1n) is 6.76. The highest BCUT2D eigenvalue weighted by Crippen LogP contribution is 2.39. The molecule has 0 aromatic rings. The van der Waals surface area contributed by atoms with Gasteiger partial charge in [0.05, 0.1) is 0 Å². The van der Waals surface area contributed by atoms with Crippen molar-refractivity contribution >= 4 is 30.9 Å². The summed E-state index contributed by atoms with van der Waals surface area (Å²) in [5.41, 5.74) is 0. The highest BCUT2D eigenvalue weighted by Gasteiger charge is 2.40. The Kier molecular flexibility index (Phi) is 7.26. The Morgan fingerprint density at radius 1 is 1.12 bits per heavy atom. The molecule has 0 amide bonds. The van der Waals surface area contributed by atoms with Crippen molar-refractivity contribution in [2.45, 2.75) is 72.2 Å². The molecule has 0 unspecified atom stereocenters. The van der Waals surface area contributed by atoms with Gasteiger partial charge in [-0.15, -0.1) is 0 Å². The van der Waals surface area contributed by atoms with Crippen molar-refractivity contribution in [2.24, 2.45) is 11.8 Å². The van der Waals surface area contributed by atoms with E-state index >= 15 is 0 Å². The smallest absolute Gasteiger partial charge is 0.192 e. The first-order valence-corrected chi connectivity index (χ1v) is 11.2. The molecular weight excluding hydrogens is 339 g/mol. The van der Waals surface area contributed by atoms with Crippen molar-refractivity contribution in [2.75, 3.05) is 4.43 Å². The third-order valence-electron chi connectivity index (χ3n) is 4.02. The third-order valence-corrected chi connectivity index (χ3v) is 9.12. The molecule has 104 valence electrons. The average Bonchev–Trinajstić information content (AvgIpc) is 2.12. The molecule has 0 aromatic carbocycles. The second kappa shape index (κ2) is 6.90. The molecular formula is C14H31IOSi. The summed E-state index contributed by atoms with van der Waals surface area (Å²) >= 11 is 2.47. The van der Waals surface area contributed by atoms with Crippen molar-refractivity contribution in [3.05, 3.63) is 0 Å². The van der Waals surface area contributed by atoms with E-state index in [9.17, 15) is 0 Å². The summed E-state index contributed by atoms with van der Waals surface area (Å²) in [7, 11) is -1.63. The van der Waals surface area contributed by atoms with Crippen LogP contribution in [0.2, 0.25) is 18.1 Å². The minimum Gasteiger partial charge on any atom is -0.413 e. The third kappa shape index (κ3) is 5.60. The van der Waals surface area contributed by atoms with Gasteiger partial charge in [0.2, 0.25) is 0 Å². The molecule has 0 aliphatic rings. The van der Waals surface area contributed by atoms with Crippen molar-refractivity contribution in [1.29, 1.82) is 0 Å². The molecule has 0 aromatic heterocycles. The van der Waals surface area contributed by atoms with Crippen LogP contribution < -0.4 is 0 Å². The van der Waals surface area contributed by atoms with Gasteiger partial charge in [0.1, 0.15) is 0 Å². The Labute approximate surface area is 123 Å². The van der Waals surface area contributed by atoms with Crippen LogP contribution in [0.3, 0.4) is 0 Å². The Hall–Kier alpha value is 0.907. The summed E-state index contributed by atoms with van der Waals surface area (Å²) in [6, 6.07) is 0. The summed E-state index contributed by atoms with van der Waals surface area (Å²) in [6.07, 6.45) is 1.68. The number of hydrogen-bond acceptors (Lipinski definition) is 1. The fraction of sp³-hybridized carbons (Fsp3) is 1.00. The molecule has 0 saturated carbocycles. The van der Waals surface area contributed by atoms with Crippen molar-refractivity contribution in [3.63, 3.8) is 0 Å². The van der Waals surface area contributed by atoms with E-state index in [2.05, 4.69) is 77.2 Å². The highest BCUT2D eigenvalue weighted by molar-refractivity contribution is 14.1. The van der Waals surface area contributed by atoms with Gasteiger partial charge in [-0.1, -0.05) is 64.1 Å². The topological polar surface area (TPSA) is 9.23 Å². The summed E-state index contributed by atoms with van der Waals surface area (Å²) in [4.78, 5) is 0. The van der Waals surface area contributed by atoms with Gasteiger partial charge in [0.15, 0.2) is 8.32 Å². The molecule has 17 heavy (non-hydrogen) atoms. The summed E-state index contributed by atoms with van der Waals surface area (Å²) in [5.74, 6) is 1.28. The zero-order valence-corrected chi connectivity index (χ0v) is 16.1. The van der Waals surface area contributed by atoms with Crippen molar-refractivity contribution in [1.82, 2.24) is 0 Å². The fourth-order valence-electron chi connectivity index (χ4n) is 1.76. The van der Waals surface area contributed by atoms with Crippen LogP contribution in [0.25, 0.3) is 0 Å². The Bertz CT molecular complexity index is 221. The maximum absolute atomic E-state index is 6.61. The van der Waals surface area contributed by atoms with E-state index in [0.29, 0.717) is 23.0 Å². The molecule has 0 bridgehead atoms. The Balaban J connectivity index is 4.77. The molecule has 0 fully saturated rings. The quantitative estimate of drug-likeness (QED) is 0.341. The van der Waals surface area contributed by atoms with Crippen LogP contribution in [0, 0.1) is 11.8 Å². The van der Waals surface area contributed by atoms with Crippen LogP contribution in [0.15, 0.2) is 0 Å². The molecule has 0 aliphatic carbocycles. The lowest BCUT2D eigenvalue weighted by Crippen LogP contribution is -2.47. The van der Waals surface area contributed by atoms with Crippen molar-refractivity contribution < 1.29 is 4.43 Å². The first-order chi connectivity index (χ1) is 7.53. The van der Waals surface area contributed by atoms with Crippen molar-refractivity contribution in [3.8, 4) is 0 Å². The predicted octanol–water partition coefficient (Wildman–Crippen LogP) is 5.49. The Morgan fingerprint density at radius 2 is 1.59 bits per heavy atom.